The molecule has 1 unspecified atom stereocenters. The van der Waals surface area contributed by atoms with Crippen LogP contribution >= 0.6 is 23.2 Å². The molecule has 3 aromatic rings. The number of hydrogen-bond donors (Lipinski definition) is 2. The summed E-state index contributed by atoms with van der Waals surface area (Å²) in [5, 5.41) is 15.0. The van der Waals surface area contributed by atoms with E-state index in [0.717, 1.165) is 19.3 Å². The fourth-order valence-corrected chi connectivity index (χ4v) is 5.65. The van der Waals surface area contributed by atoms with Crippen molar-refractivity contribution in [1.29, 1.82) is 0 Å². The Kier molecular flexibility index (Phi) is 16.1. The molecule has 2 aromatic heterocycles. The fourth-order valence-electron chi connectivity index (χ4n) is 5.35. The minimum atomic E-state index is -0.758. The van der Waals surface area contributed by atoms with Gasteiger partial charge in [0.15, 0.2) is 11.5 Å². The Balaban J connectivity index is 1.30. The number of rotatable bonds is 22. The molecule has 2 heterocycles. The van der Waals surface area contributed by atoms with Crippen molar-refractivity contribution in [3.05, 3.63) is 40.0 Å². The van der Waals surface area contributed by atoms with Crippen LogP contribution in [0.1, 0.15) is 134 Å². The van der Waals surface area contributed by atoms with E-state index in [1.165, 1.54) is 83.5 Å². The third-order valence-corrected chi connectivity index (χ3v) is 8.80. The lowest BCUT2D eigenvalue weighted by atomic mass is 10.0. The largest absolute Gasteiger partial charge is 0.464 e. The van der Waals surface area contributed by atoms with Crippen LogP contribution in [0.2, 0.25) is 10.0 Å². The van der Waals surface area contributed by atoms with E-state index >= 15 is 0 Å². The van der Waals surface area contributed by atoms with Crippen molar-refractivity contribution in [2.75, 3.05) is 6.61 Å². The summed E-state index contributed by atoms with van der Waals surface area (Å²) in [5.41, 5.74) is 1.41. The number of carbonyl (C=O) groups excluding carboxylic acids is 2. The molecule has 8 nitrogen and oxygen atoms in total. The van der Waals surface area contributed by atoms with Gasteiger partial charge in [-0.05, 0) is 30.5 Å². The highest BCUT2D eigenvalue weighted by Crippen LogP contribution is 2.28. The molecule has 244 valence electrons. The number of fused-ring (bicyclic) bond motifs is 1. The lowest BCUT2D eigenvalue weighted by Crippen LogP contribution is -2.45. The number of carbonyl (C=O) groups is 2. The number of benzene rings is 1. The molecular weight excluding hydrogens is 597 g/mol. The number of nitrogens with one attached hydrogen (secondary N) is 2. The molecule has 3 rings (SSSR count). The van der Waals surface area contributed by atoms with Crippen LogP contribution in [-0.4, -0.2) is 44.3 Å². The number of aromatic nitrogens is 4. The first-order valence-electron chi connectivity index (χ1n) is 16.7. The number of aromatic amines is 1. The Labute approximate surface area is 273 Å². The number of amides is 1. The van der Waals surface area contributed by atoms with Crippen molar-refractivity contribution in [2.24, 2.45) is 5.92 Å². The molecule has 0 aliphatic heterocycles. The molecule has 10 heteroatoms. The quantitative estimate of drug-likeness (QED) is 0.0835. The Morgan fingerprint density at radius 3 is 1.93 bits per heavy atom. The van der Waals surface area contributed by atoms with Gasteiger partial charge >= 0.3 is 5.97 Å². The molecule has 0 bridgehead atoms. The predicted molar refractivity (Wildman–Crippen MR) is 179 cm³/mol. The van der Waals surface area contributed by atoms with E-state index in [9.17, 15) is 9.59 Å². The molecule has 0 fully saturated rings. The minimum absolute atomic E-state index is 0.135. The zero-order valence-electron chi connectivity index (χ0n) is 26.8. The lowest BCUT2D eigenvalue weighted by Gasteiger charge is -2.20. The fraction of sp³-hybridized carbons (Fsp3) is 0.647. The van der Waals surface area contributed by atoms with E-state index in [2.05, 4.69) is 27.5 Å². The molecule has 0 spiro atoms. The molecule has 0 radical (unpaired) electrons. The maximum Gasteiger partial charge on any atom is 0.328 e. The van der Waals surface area contributed by atoms with Gasteiger partial charge in [-0.3, -0.25) is 9.89 Å². The maximum absolute atomic E-state index is 13.1. The first-order valence-corrected chi connectivity index (χ1v) is 17.4. The molecule has 1 aromatic carbocycles. The first-order chi connectivity index (χ1) is 21.3. The average molecular weight is 649 g/mol. The van der Waals surface area contributed by atoms with Crippen molar-refractivity contribution < 1.29 is 14.3 Å². The van der Waals surface area contributed by atoms with Crippen LogP contribution in [0.3, 0.4) is 0 Å². The maximum atomic E-state index is 13.1. The van der Waals surface area contributed by atoms with Gasteiger partial charge in [0.05, 0.1) is 16.7 Å². The van der Waals surface area contributed by atoms with Crippen molar-refractivity contribution in [3.8, 4) is 11.4 Å². The third-order valence-electron chi connectivity index (χ3n) is 8.07. The summed E-state index contributed by atoms with van der Waals surface area (Å²) in [6, 6.07) is 5.96. The Morgan fingerprint density at radius 2 is 1.39 bits per heavy atom. The number of esters is 1. The number of ether oxygens (including phenoxy) is 1. The van der Waals surface area contributed by atoms with Crippen LogP contribution in [-0.2, 0) is 9.53 Å². The van der Waals surface area contributed by atoms with Crippen LogP contribution in [0.5, 0.6) is 0 Å². The van der Waals surface area contributed by atoms with Crippen LogP contribution in [0.25, 0.3) is 17.0 Å². The molecule has 0 aliphatic rings. The standard InChI is InChI=1S/C34H51Cl2N5O3/c1-4-5-6-7-8-9-10-11-12-13-14-15-16-17-18-19-22-44-34(43)31(25(2)3)37-33(42)29-24-30-38-39-32(41(30)40-29)26-20-21-27(35)28(36)23-26/h20-21,23-25,31,40H,4-19,22H2,1-3H3,(H,37,42). The van der Waals surface area contributed by atoms with Gasteiger partial charge in [-0.2, -0.15) is 0 Å². The molecule has 0 aliphatic carbocycles. The smallest absolute Gasteiger partial charge is 0.328 e. The summed E-state index contributed by atoms with van der Waals surface area (Å²) in [5.74, 6) is -0.488. The highest BCUT2D eigenvalue weighted by molar-refractivity contribution is 6.42. The molecule has 0 saturated heterocycles. The van der Waals surface area contributed by atoms with Gasteiger partial charge in [0.25, 0.3) is 5.91 Å². The van der Waals surface area contributed by atoms with Gasteiger partial charge in [0.1, 0.15) is 11.7 Å². The van der Waals surface area contributed by atoms with E-state index in [4.69, 9.17) is 27.9 Å². The number of nitrogens with zero attached hydrogens (tertiary/aromatic N) is 3. The first kappa shape index (κ1) is 35.9. The number of hydrogen-bond acceptors (Lipinski definition) is 5. The SMILES string of the molecule is CCCCCCCCCCCCCCCCCCOC(=O)C(NC(=O)c1cc2nnc(-c3ccc(Cl)c(Cl)c3)n2[nH]1)C(C)C. The highest BCUT2D eigenvalue weighted by atomic mass is 35.5. The lowest BCUT2D eigenvalue weighted by molar-refractivity contribution is -0.147. The van der Waals surface area contributed by atoms with Crippen LogP contribution in [0, 0.1) is 5.92 Å². The van der Waals surface area contributed by atoms with E-state index < -0.39 is 17.9 Å². The van der Waals surface area contributed by atoms with Crippen molar-refractivity contribution in [1.82, 2.24) is 25.1 Å². The average Bonchev–Trinajstić information content (AvgIpc) is 3.60. The molecule has 44 heavy (non-hydrogen) atoms. The molecule has 1 amide bonds. The topological polar surface area (TPSA) is 101 Å². The summed E-state index contributed by atoms with van der Waals surface area (Å²) in [6.07, 6.45) is 20.7. The van der Waals surface area contributed by atoms with Gasteiger partial charge in [-0.1, -0.05) is 140 Å². The van der Waals surface area contributed by atoms with Gasteiger partial charge < -0.3 is 10.1 Å². The third kappa shape index (κ3) is 11.7. The van der Waals surface area contributed by atoms with Gasteiger partial charge in [-0.15, -0.1) is 10.2 Å². The van der Waals surface area contributed by atoms with E-state index in [0.29, 0.717) is 33.7 Å². The molecule has 2 N–H and O–H groups in total. The normalized spacial score (nSPS) is 12.2. The molecule has 1 atom stereocenters. The summed E-state index contributed by atoms with van der Waals surface area (Å²) in [4.78, 5) is 25.9. The van der Waals surface area contributed by atoms with Crippen molar-refractivity contribution in [2.45, 2.75) is 130 Å². The van der Waals surface area contributed by atoms with Gasteiger partial charge in [-0.25, -0.2) is 9.31 Å². The summed E-state index contributed by atoms with van der Waals surface area (Å²) in [7, 11) is 0. The van der Waals surface area contributed by atoms with Crippen LogP contribution in [0.4, 0.5) is 0 Å². The minimum Gasteiger partial charge on any atom is -0.464 e. The highest BCUT2D eigenvalue weighted by Gasteiger charge is 2.27. The summed E-state index contributed by atoms with van der Waals surface area (Å²) in [6.45, 7) is 6.40. The molecule has 0 saturated carbocycles. The molecular formula is C34H51Cl2N5O3. The second-order valence-corrected chi connectivity index (χ2v) is 13.0. The Hall–Kier alpha value is -2.58. The second kappa shape index (κ2) is 19.7. The Bertz CT molecular complexity index is 1290. The zero-order valence-corrected chi connectivity index (χ0v) is 28.3. The second-order valence-electron chi connectivity index (χ2n) is 12.2. The predicted octanol–water partition coefficient (Wildman–Crippen LogP) is 9.59. The number of halogens is 2. The summed E-state index contributed by atoms with van der Waals surface area (Å²) < 4.78 is 7.14. The summed E-state index contributed by atoms with van der Waals surface area (Å²) >= 11 is 12.2. The van der Waals surface area contributed by atoms with Crippen LogP contribution < -0.4 is 5.32 Å². The van der Waals surface area contributed by atoms with E-state index in [1.54, 1.807) is 28.8 Å². The number of unbranched alkanes of at least 4 members (excludes halogenated alkanes) is 15. The number of H-pyrrole nitrogens is 1. The van der Waals surface area contributed by atoms with Crippen molar-refractivity contribution >= 4 is 40.7 Å². The van der Waals surface area contributed by atoms with Gasteiger partial charge in [0, 0.05) is 11.6 Å². The van der Waals surface area contributed by atoms with Gasteiger partial charge in [0.2, 0.25) is 0 Å². The van der Waals surface area contributed by atoms with E-state index in [-0.39, 0.29) is 11.6 Å². The van der Waals surface area contributed by atoms with Crippen LogP contribution in [0.15, 0.2) is 24.3 Å². The monoisotopic (exact) mass is 647 g/mol. The zero-order chi connectivity index (χ0) is 31.7. The van der Waals surface area contributed by atoms with E-state index in [1.807, 2.05) is 13.8 Å². The van der Waals surface area contributed by atoms with Crippen molar-refractivity contribution in [3.63, 3.8) is 0 Å². The Morgan fingerprint density at radius 1 is 0.818 bits per heavy atom.